The highest BCUT2D eigenvalue weighted by Gasteiger charge is 2.33. The lowest BCUT2D eigenvalue weighted by atomic mass is 9.91. The van der Waals surface area contributed by atoms with Crippen molar-refractivity contribution in [1.29, 1.82) is 0 Å². The van der Waals surface area contributed by atoms with Gasteiger partial charge in [0.25, 0.3) is 0 Å². The highest BCUT2D eigenvalue weighted by Crippen LogP contribution is 2.21. The summed E-state index contributed by atoms with van der Waals surface area (Å²) in [5, 5.41) is 9.57. The van der Waals surface area contributed by atoms with Crippen LogP contribution in [0.2, 0.25) is 0 Å². The first-order chi connectivity index (χ1) is 13.3. The fourth-order valence-corrected chi connectivity index (χ4v) is 3.22. The number of aliphatic carboxylic acids is 1. The van der Waals surface area contributed by atoms with E-state index in [1.165, 1.54) is 18.2 Å². The summed E-state index contributed by atoms with van der Waals surface area (Å²) in [7, 11) is 1.50. The van der Waals surface area contributed by atoms with Crippen molar-refractivity contribution in [3.05, 3.63) is 60.1 Å². The van der Waals surface area contributed by atoms with Crippen molar-refractivity contribution < 1.29 is 23.9 Å². The van der Waals surface area contributed by atoms with Crippen LogP contribution in [-0.2, 0) is 16.0 Å². The van der Waals surface area contributed by atoms with Crippen LogP contribution in [0.25, 0.3) is 0 Å². The van der Waals surface area contributed by atoms with Gasteiger partial charge in [0.1, 0.15) is 6.04 Å². The average Bonchev–Trinajstić information content (AvgIpc) is 3.20. The predicted molar refractivity (Wildman–Crippen MR) is 105 cm³/mol. The Hall–Kier alpha value is -2.89. The number of rotatable bonds is 10. The van der Waals surface area contributed by atoms with Crippen LogP contribution in [0.1, 0.15) is 42.8 Å². The van der Waals surface area contributed by atoms with Crippen LogP contribution in [0.4, 0.5) is 0 Å². The van der Waals surface area contributed by atoms with E-state index >= 15 is 0 Å². The van der Waals surface area contributed by atoms with Gasteiger partial charge in [-0.15, -0.1) is 0 Å². The lowest BCUT2D eigenvalue weighted by Crippen LogP contribution is -2.46. The third-order valence-electron chi connectivity index (χ3n) is 4.70. The maximum Gasteiger partial charge on any atom is 0.326 e. The van der Waals surface area contributed by atoms with Gasteiger partial charge in [-0.25, -0.2) is 4.79 Å². The lowest BCUT2D eigenvalue weighted by Gasteiger charge is -2.29. The molecule has 6 heteroatoms. The van der Waals surface area contributed by atoms with Crippen LogP contribution in [-0.4, -0.2) is 40.8 Å². The minimum Gasteiger partial charge on any atom is -0.480 e. The number of hydrogen-bond donors (Lipinski definition) is 1. The molecule has 1 aromatic heterocycles. The number of hydrogen-bond acceptors (Lipinski definition) is 4. The summed E-state index contributed by atoms with van der Waals surface area (Å²) in [6.45, 7) is 3.83. The van der Waals surface area contributed by atoms with Gasteiger partial charge in [-0.05, 0) is 36.5 Å². The number of ketones is 1. The van der Waals surface area contributed by atoms with E-state index in [1.54, 1.807) is 12.1 Å². The Balaban J connectivity index is 2.24. The van der Waals surface area contributed by atoms with Crippen molar-refractivity contribution in [1.82, 2.24) is 4.90 Å². The third-order valence-corrected chi connectivity index (χ3v) is 4.70. The van der Waals surface area contributed by atoms with E-state index in [2.05, 4.69) is 0 Å². The maximum atomic E-state index is 13.2. The van der Waals surface area contributed by atoms with Crippen molar-refractivity contribution in [3.8, 4) is 0 Å². The first-order valence-corrected chi connectivity index (χ1v) is 9.39. The zero-order chi connectivity index (χ0) is 20.7. The minimum atomic E-state index is -1.04. The van der Waals surface area contributed by atoms with E-state index in [0.29, 0.717) is 12.8 Å². The largest absolute Gasteiger partial charge is 0.480 e. The van der Waals surface area contributed by atoms with Gasteiger partial charge in [0.15, 0.2) is 11.5 Å². The first-order valence-electron chi connectivity index (χ1n) is 9.39. The van der Waals surface area contributed by atoms with Gasteiger partial charge in [-0.1, -0.05) is 44.2 Å². The predicted octanol–water partition coefficient (Wildman–Crippen LogP) is 3.67. The normalized spacial score (nSPS) is 13.1. The molecule has 6 nitrogen and oxygen atoms in total. The maximum absolute atomic E-state index is 13.2. The molecule has 0 spiro atoms. The molecule has 0 fully saturated rings. The monoisotopic (exact) mass is 385 g/mol. The van der Waals surface area contributed by atoms with Crippen molar-refractivity contribution >= 4 is 17.7 Å². The second kappa shape index (κ2) is 9.88. The molecule has 0 saturated heterocycles. The summed E-state index contributed by atoms with van der Waals surface area (Å²) >= 11 is 0. The van der Waals surface area contributed by atoms with Gasteiger partial charge >= 0.3 is 5.97 Å². The van der Waals surface area contributed by atoms with Crippen LogP contribution in [0.3, 0.4) is 0 Å². The number of amides is 1. The Morgan fingerprint density at radius 2 is 1.75 bits per heavy atom. The Morgan fingerprint density at radius 3 is 2.29 bits per heavy atom. The summed E-state index contributed by atoms with van der Waals surface area (Å²) in [4.78, 5) is 38.7. The fraction of sp³-hybridized carbons (Fsp3) is 0.409. The molecular formula is C22H27NO5. The molecule has 1 N–H and O–H groups in total. The number of Topliss-reactive ketones (excluding diaryl/α,β-unsaturated/α-hetero) is 1. The van der Waals surface area contributed by atoms with Crippen molar-refractivity contribution in [2.45, 2.75) is 39.2 Å². The lowest BCUT2D eigenvalue weighted by molar-refractivity contribution is -0.151. The summed E-state index contributed by atoms with van der Waals surface area (Å²) in [5.41, 5.74) is 0.914. The molecule has 2 atom stereocenters. The molecule has 1 amide bonds. The topological polar surface area (TPSA) is 87.8 Å². The van der Waals surface area contributed by atoms with Crippen molar-refractivity contribution in [3.63, 3.8) is 0 Å². The zero-order valence-corrected chi connectivity index (χ0v) is 16.5. The van der Waals surface area contributed by atoms with E-state index in [0.717, 1.165) is 5.56 Å². The van der Waals surface area contributed by atoms with Crippen LogP contribution in [0.5, 0.6) is 0 Å². The summed E-state index contributed by atoms with van der Waals surface area (Å²) < 4.78 is 5.16. The van der Waals surface area contributed by atoms with Gasteiger partial charge in [0.2, 0.25) is 5.91 Å². The summed E-state index contributed by atoms with van der Waals surface area (Å²) in [6.07, 6.45) is 2.07. The number of likely N-dealkylation sites (N-methyl/N-ethyl adjacent to an activating group) is 1. The highest BCUT2D eigenvalue weighted by atomic mass is 16.4. The fourth-order valence-electron chi connectivity index (χ4n) is 3.22. The number of benzene rings is 1. The Bertz CT molecular complexity index is 783. The summed E-state index contributed by atoms with van der Waals surface area (Å²) in [6, 6.07) is 11.7. The van der Waals surface area contributed by atoms with Gasteiger partial charge in [0.05, 0.1) is 6.26 Å². The molecular weight excluding hydrogens is 358 g/mol. The van der Waals surface area contributed by atoms with Gasteiger partial charge in [0, 0.05) is 19.4 Å². The second-order valence-corrected chi connectivity index (χ2v) is 7.42. The van der Waals surface area contributed by atoms with E-state index < -0.39 is 17.9 Å². The number of carbonyl (C=O) groups is 3. The van der Waals surface area contributed by atoms with E-state index in [9.17, 15) is 19.5 Å². The van der Waals surface area contributed by atoms with Crippen molar-refractivity contribution in [2.24, 2.45) is 11.8 Å². The zero-order valence-electron chi connectivity index (χ0n) is 16.5. The minimum absolute atomic E-state index is 0.0421. The third kappa shape index (κ3) is 5.81. The molecule has 0 radical (unpaired) electrons. The second-order valence-electron chi connectivity index (χ2n) is 7.42. The summed E-state index contributed by atoms with van der Waals surface area (Å²) in [5.74, 6) is -2.02. The number of nitrogens with zero attached hydrogens (tertiary/aromatic N) is 1. The molecule has 1 unspecified atom stereocenters. The van der Waals surface area contributed by atoms with Crippen molar-refractivity contribution in [2.75, 3.05) is 7.05 Å². The molecule has 0 saturated carbocycles. The quantitative estimate of drug-likeness (QED) is 0.631. The SMILES string of the molecule is CC(C)C[C@H](C(=O)O)N(C)C(=O)C(CC(=O)c1ccco1)Cc1ccccc1. The Kier molecular flexibility index (Phi) is 7.55. The molecule has 0 aliphatic carbocycles. The molecule has 1 aromatic carbocycles. The van der Waals surface area contributed by atoms with E-state index in [4.69, 9.17) is 4.42 Å². The molecule has 2 aromatic rings. The van der Waals surface area contributed by atoms with Crippen LogP contribution in [0, 0.1) is 11.8 Å². The number of furan rings is 1. The highest BCUT2D eigenvalue weighted by molar-refractivity contribution is 5.97. The molecule has 0 aliphatic rings. The molecule has 150 valence electrons. The van der Waals surface area contributed by atoms with Crippen LogP contribution < -0.4 is 0 Å². The molecule has 2 rings (SSSR count). The Morgan fingerprint density at radius 1 is 1.07 bits per heavy atom. The van der Waals surface area contributed by atoms with Crippen LogP contribution in [0.15, 0.2) is 53.1 Å². The first kappa shape index (κ1) is 21.4. The van der Waals surface area contributed by atoms with E-state index in [-0.39, 0.29) is 29.8 Å². The molecule has 0 aliphatic heterocycles. The van der Waals surface area contributed by atoms with Crippen LogP contribution >= 0.6 is 0 Å². The molecule has 28 heavy (non-hydrogen) atoms. The molecule has 0 bridgehead atoms. The van der Waals surface area contributed by atoms with Gasteiger partial charge in [-0.3, -0.25) is 9.59 Å². The number of carboxylic acids is 1. The number of carbonyl (C=O) groups excluding carboxylic acids is 2. The van der Waals surface area contributed by atoms with Gasteiger partial charge in [-0.2, -0.15) is 0 Å². The van der Waals surface area contributed by atoms with Gasteiger partial charge < -0.3 is 14.4 Å². The van der Waals surface area contributed by atoms with E-state index in [1.807, 2.05) is 44.2 Å². The number of carboxylic acid groups (broad SMARTS) is 1. The molecule has 1 heterocycles. The Labute approximate surface area is 165 Å². The smallest absolute Gasteiger partial charge is 0.326 e. The average molecular weight is 385 g/mol. The standard InChI is InChI=1S/C22H27NO5/c1-15(2)12-18(22(26)27)23(3)21(25)17(13-16-8-5-4-6-9-16)14-19(24)20-10-7-11-28-20/h4-11,15,17-18H,12-14H2,1-3H3,(H,26,27)/t17?,18-/m1/s1.